The van der Waals surface area contributed by atoms with Gasteiger partial charge in [-0.2, -0.15) is 0 Å². The van der Waals surface area contributed by atoms with Crippen molar-refractivity contribution in [2.24, 2.45) is 0 Å². The highest BCUT2D eigenvalue weighted by Gasteiger charge is 2.44. The highest BCUT2D eigenvalue weighted by Crippen LogP contribution is 2.30. The SMILES string of the molecule is COC(=O)CC1C(=O)NC2CCCCC2N1C(=S)Nc1ccc(F)cc1. The summed E-state index contributed by atoms with van der Waals surface area (Å²) in [5.41, 5.74) is 0.631. The summed E-state index contributed by atoms with van der Waals surface area (Å²) >= 11 is 5.57. The fourth-order valence-electron chi connectivity index (χ4n) is 3.69. The minimum absolute atomic E-state index is 0.0121. The van der Waals surface area contributed by atoms with Crippen LogP contribution in [0.4, 0.5) is 10.1 Å². The number of carbonyl (C=O) groups excluding carboxylic acids is 2. The van der Waals surface area contributed by atoms with Crippen LogP contribution in [-0.2, 0) is 14.3 Å². The lowest BCUT2D eigenvalue weighted by molar-refractivity contribution is -0.146. The Bertz CT molecular complexity index is 697. The lowest BCUT2D eigenvalue weighted by Crippen LogP contribution is -2.68. The molecule has 0 radical (unpaired) electrons. The number of anilines is 1. The maximum atomic E-state index is 13.1. The van der Waals surface area contributed by atoms with Crippen LogP contribution in [0.5, 0.6) is 0 Å². The Hall–Kier alpha value is -2.22. The van der Waals surface area contributed by atoms with Crippen LogP contribution in [0.15, 0.2) is 24.3 Å². The number of methoxy groups -OCH3 is 1. The second-order valence-electron chi connectivity index (χ2n) is 6.61. The Labute approximate surface area is 157 Å². The van der Waals surface area contributed by atoms with Gasteiger partial charge in [0.05, 0.1) is 19.6 Å². The van der Waals surface area contributed by atoms with Crippen LogP contribution >= 0.6 is 12.2 Å². The van der Waals surface area contributed by atoms with E-state index in [1.807, 2.05) is 4.90 Å². The first-order valence-corrected chi connectivity index (χ1v) is 9.12. The zero-order chi connectivity index (χ0) is 18.7. The van der Waals surface area contributed by atoms with E-state index in [2.05, 4.69) is 10.6 Å². The van der Waals surface area contributed by atoms with Crippen LogP contribution in [-0.4, -0.2) is 47.1 Å². The zero-order valence-corrected chi connectivity index (χ0v) is 15.4. The molecule has 1 heterocycles. The van der Waals surface area contributed by atoms with E-state index >= 15 is 0 Å². The van der Waals surface area contributed by atoms with E-state index in [9.17, 15) is 14.0 Å². The Balaban J connectivity index is 1.85. The number of ether oxygens (including phenoxy) is 1. The lowest BCUT2D eigenvalue weighted by Gasteiger charge is -2.49. The van der Waals surface area contributed by atoms with Crippen molar-refractivity contribution in [3.05, 3.63) is 30.1 Å². The topological polar surface area (TPSA) is 70.7 Å². The van der Waals surface area contributed by atoms with E-state index < -0.39 is 12.0 Å². The number of hydrogen-bond acceptors (Lipinski definition) is 4. The third kappa shape index (κ3) is 3.95. The quantitative estimate of drug-likeness (QED) is 0.620. The molecule has 1 aliphatic carbocycles. The fourth-order valence-corrected chi connectivity index (χ4v) is 4.08. The van der Waals surface area contributed by atoms with Crippen LogP contribution < -0.4 is 10.6 Å². The Morgan fingerprint density at radius 2 is 2.04 bits per heavy atom. The van der Waals surface area contributed by atoms with E-state index in [0.29, 0.717) is 10.8 Å². The van der Waals surface area contributed by atoms with Crippen molar-refractivity contribution in [3.8, 4) is 0 Å². The second kappa shape index (κ2) is 7.99. The van der Waals surface area contributed by atoms with Crippen molar-refractivity contribution in [2.75, 3.05) is 12.4 Å². The molecule has 0 bridgehead atoms. The highest BCUT2D eigenvalue weighted by atomic mass is 32.1. The van der Waals surface area contributed by atoms with Gasteiger partial charge < -0.3 is 20.3 Å². The molecule has 8 heteroatoms. The molecule has 6 nitrogen and oxygen atoms in total. The highest BCUT2D eigenvalue weighted by molar-refractivity contribution is 7.80. The predicted molar refractivity (Wildman–Crippen MR) is 99.1 cm³/mol. The van der Waals surface area contributed by atoms with Gasteiger partial charge in [-0.05, 0) is 49.3 Å². The molecule has 1 saturated heterocycles. The van der Waals surface area contributed by atoms with Crippen molar-refractivity contribution in [2.45, 2.75) is 50.2 Å². The molecule has 2 fully saturated rings. The minimum atomic E-state index is -0.720. The maximum absolute atomic E-state index is 13.1. The van der Waals surface area contributed by atoms with E-state index in [1.54, 1.807) is 12.1 Å². The largest absolute Gasteiger partial charge is 0.469 e. The summed E-state index contributed by atoms with van der Waals surface area (Å²) in [6, 6.07) is 5.15. The number of thiocarbonyl (C=S) groups is 1. The summed E-state index contributed by atoms with van der Waals surface area (Å²) in [6.45, 7) is 0. The van der Waals surface area contributed by atoms with Crippen LogP contribution in [0.25, 0.3) is 0 Å². The van der Waals surface area contributed by atoms with Gasteiger partial charge in [0.25, 0.3) is 0 Å². The molecule has 1 amide bonds. The van der Waals surface area contributed by atoms with Crippen LogP contribution in [0.2, 0.25) is 0 Å². The molecule has 0 spiro atoms. The molecule has 1 aliphatic heterocycles. The van der Waals surface area contributed by atoms with Gasteiger partial charge in [-0.3, -0.25) is 9.59 Å². The van der Waals surface area contributed by atoms with Crippen molar-refractivity contribution in [3.63, 3.8) is 0 Å². The molecule has 140 valence electrons. The Morgan fingerprint density at radius 1 is 1.35 bits per heavy atom. The number of piperazine rings is 1. The van der Waals surface area contributed by atoms with Crippen molar-refractivity contribution >= 4 is 34.9 Å². The van der Waals surface area contributed by atoms with Gasteiger partial charge in [0.2, 0.25) is 5.91 Å². The predicted octanol–water partition coefficient (Wildman–Crippen LogP) is 2.20. The zero-order valence-electron chi connectivity index (χ0n) is 14.5. The number of esters is 1. The smallest absolute Gasteiger partial charge is 0.308 e. The van der Waals surface area contributed by atoms with Gasteiger partial charge in [0.15, 0.2) is 5.11 Å². The third-order valence-corrected chi connectivity index (χ3v) is 5.28. The van der Waals surface area contributed by atoms with Crippen molar-refractivity contribution < 1.29 is 18.7 Å². The average molecular weight is 379 g/mol. The number of amides is 1. The number of rotatable bonds is 3. The summed E-state index contributed by atoms with van der Waals surface area (Å²) in [7, 11) is 1.30. The van der Waals surface area contributed by atoms with Gasteiger partial charge in [-0.25, -0.2) is 4.39 Å². The summed E-state index contributed by atoms with van der Waals surface area (Å²) in [5.74, 6) is -1.02. The number of hydrogen-bond donors (Lipinski definition) is 2. The lowest BCUT2D eigenvalue weighted by atomic mass is 9.85. The molecule has 3 rings (SSSR count). The minimum Gasteiger partial charge on any atom is -0.469 e. The number of nitrogens with one attached hydrogen (secondary N) is 2. The summed E-state index contributed by atoms with van der Waals surface area (Å²) in [4.78, 5) is 26.3. The van der Waals surface area contributed by atoms with E-state index in [4.69, 9.17) is 17.0 Å². The van der Waals surface area contributed by atoms with Gasteiger partial charge in [-0.15, -0.1) is 0 Å². The first-order valence-electron chi connectivity index (χ1n) is 8.71. The fraction of sp³-hybridized carbons (Fsp3) is 0.500. The number of halogens is 1. The van der Waals surface area contributed by atoms with Gasteiger partial charge in [0, 0.05) is 11.7 Å². The molecule has 1 saturated carbocycles. The van der Waals surface area contributed by atoms with E-state index in [0.717, 1.165) is 25.7 Å². The average Bonchev–Trinajstić information content (AvgIpc) is 2.63. The number of nitrogens with zero attached hydrogens (tertiary/aromatic N) is 1. The van der Waals surface area contributed by atoms with Gasteiger partial charge >= 0.3 is 5.97 Å². The van der Waals surface area contributed by atoms with Gasteiger partial charge in [0.1, 0.15) is 11.9 Å². The first-order chi connectivity index (χ1) is 12.5. The molecule has 3 atom stereocenters. The molecule has 2 N–H and O–H groups in total. The van der Waals surface area contributed by atoms with Crippen LogP contribution in [0.1, 0.15) is 32.1 Å². The maximum Gasteiger partial charge on any atom is 0.308 e. The standard InChI is InChI=1S/C18H22FN3O3S/c1-25-16(23)10-15-17(24)21-13-4-2-3-5-14(13)22(15)18(26)20-12-8-6-11(19)7-9-12/h6-9,13-15H,2-5,10H2,1H3,(H,20,26)(H,21,24). The normalized spacial score (nSPS) is 25.1. The summed E-state index contributed by atoms with van der Waals surface area (Å²) in [6.07, 6.45) is 3.79. The summed E-state index contributed by atoms with van der Waals surface area (Å²) < 4.78 is 17.9. The van der Waals surface area contributed by atoms with Crippen molar-refractivity contribution in [1.82, 2.24) is 10.2 Å². The van der Waals surface area contributed by atoms with Crippen LogP contribution in [0, 0.1) is 5.82 Å². The molecule has 2 aliphatic rings. The van der Waals surface area contributed by atoms with Gasteiger partial charge in [-0.1, -0.05) is 12.8 Å². The van der Waals surface area contributed by atoms with E-state index in [-0.39, 0.29) is 30.2 Å². The number of benzene rings is 1. The molecule has 26 heavy (non-hydrogen) atoms. The Morgan fingerprint density at radius 3 is 2.73 bits per heavy atom. The number of carbonyl (C=O) groups is 2. The monoisotopic (exact) mass is 379 g/mol. The molecule has 3 unspecified atom stereocenters. The molecule has 1 aromatic rings. The van der Waals surface area contributed by atoms with Crippen molar-refractivity contribution in [1.29, 1.82) is 0 Å². The Kier molecular flexibility index (Phi) is 5.70. The molecule has 0 aromatic heterocycles. The van der Waals surface area contributed by atoms with Crippen LogP contribution in [0.3, 0.4) is 0 Å². The first kappa shape index (κ1) is 18.6. The second-order valence-corrected chi connectivity index (χ2v) is 6.99. The molecular formula is C18H22FN3O3S. The third-order valence-electron chi connectivity index (χ3n) is 4.97. The summed E-state index contributed by atoms with van der Waals surface area (Å²) in [5, 5.41) is 6.46. The number of fused-ring (bicyclic) bond motifs is 1. The molecule has 1 aromatic carbocycles. The molecular weight excluding hydrogens is 357 g/mol. The van der Waals surface area contributed by atoms with E-state index in [1.165, 1.54) is 19.2 Å².